The highest BCUT2D eigenvalue weighted by Crippen LogP contribution is 2.58. The molecule has 3 aromatic carbocycles. The third-order valence-electron chi connectivity index (χ3n) is 11.3. The quantitative estimate of drug-likeness (QED) is 0.121. The molecular weight excluding hydrogens is 657 g/mol. The molecule has 3 aliphatic heterocycles. The van der Waals surface area contributed by atoms with Gasteiger partial charge in [-0.3, -0.25) is 0 Å². The van der Waals surface area contributed by atoms with Gasteiger partial charge in [-0.1, -0.05) is 126 Å². The number of rotatable bonds is 10. The van der Waals surface area contributed by atoms with E-state index < -0.39 is 31.4 Å². The molecule has 0 aliphatic carbocycles. The van der Waals surface area contributed by atoms with Gasteiger partial charge in [0.05, 0.1) is 23.9 Å². The largest absolute Gasteiger partial charge is 0.458 e. The highest BCUT2D eigenvalue weighted by molar-refractivity contribution is 6.99. The standard InChI is InChI=1S/C43H56O7Si/c1-10-20-35-37-38(50-42(8,9)47-35)41(6,7)43(49-37)29-36(46-39(44)31-21-14-11-15-22-31)30(2)34(48-43)27-28-45-51(40(3,4)5,32-23-16-12-17-24-32)33-25-18-13-19-26-33/h10-19,21-26,30,34-38H,1,20,27-29H2,2-9H3/t30-,34+,35+,36-,37-,38+,43-/m1/s1. The minimum Gasteiger partial charge on any atom is -0.458 e. The van der Waals surface area contributed by atoms with Crippen molar-refractivity contribution in [1.82, 2.24) is 0 Å². The number of carbonyl (C=O) groups is 1. The Morgan fingerprint density at radius 3 is 1.96 bits per heavy atom. The van der Waals surface area contributed by atoms with E-state index in [4.69, 9.17) is 28.1 Å². The molecule has 7 atom stereocenters. The predicted octanol–water partition coefficient (Wildman–Crippen LogP) is 7.82. The Bertz CT molecular complexity index is 1600. The van der Waals surface area contributed by atoms with Gasteiger partial charge in [0.2, 0.25) is 0 Å². The van der Waals surface area contributed by atoms with Gasteiger partial charge in [-0.25, -0.2) is 4.79 Å². The number of hydrogen-bond acceptors (Lipinski definition) is 7. The first-order chi connectivity index (χ1) is 24.1. The van der Waals surface area contributed by atoms with Crippen molar-refractivity contribution in [3.63, 3.8) is 0 Å². The normalized spacial score (nSPS) is 30.0. The van der Waals surface area contributed by atoms with Crippen LogP contribution in [0, 0.1) is 11.3 Å². The molecular formula is C43H56O7Si. The van der Waals surface area contributed by atoms with Crippen molar-refractivity contribution >= 4 is 24.7 Å². The van der Waals surface area contributed by atoms with E-state index in [0.717, 1.165) is 0 Å². The minimum atomic E-state index is -2.79. The lowest BCUT2D eigenvalue weighted by Crippen LogP contribution is -2.66. The Morgan fingerprint density at radius 1 is 0.843 bits per heavy atom. The van der Waals surface area contributed by atoms with Crippen molar-refractivity contribution < 1.29 is 32.9 Å². The van der Waals surface area contributed by atoms with E-state index in [2.05, 4.69) is 109 Å². The van der Waals surface area contributed by atoms with Crippen molar-refractivity contribution in [2.24, 2.45) is 11.3 Å². The van der Waals surface area contributed by atoms with Gasteiger partial charge in [-0.15, -0.1) is 6.58 Å². The van der Waals surface area contributed by atoms with Gasteiger partial charge in [-0.05, 0) is 54.2 Å². The van der Waals surface area contributed by atoms with E-state index in [1.165, 1.54) is 10.4 Å². The van der Waals surface area contributed by atoms with Crippen LogP contribution in [0.25, 0.3) is 0 Å². The van der Waals surface area contributed by atoms with Gasteiger partial charge in [0.25, 0.3) is 8.32 Å². The van der Waals surface area contributed by atoms with Gasteiger partial charge in [-0.2, -0.15) is 0 Å². The van der Waals surface area contributed by atoms with Gasteiger partial charge >= 0.3 is 5.97 Å². The van der Waals surface area contributed by atoms with Crippen molar-refractivity contribution in [2.45, 2.75) is 122 Å². The zero-order valence-corrected chi connectivity index (χ0v) is 32.6. The molecule has 8 heteroatoms. The molecule has 6 rings (SSSR count). The molecule has 0 amide bonds. The second-order valence-electron chi connectivity index (χ2n) is 16.5. The summed E-state index contributed by atoms with van der Waals surface area (Å²) < 4.78 is 41.1. The van der Waals surface area contributed by atoms with Crippen LogP contribution in [0.2, 0.25) is 5.04 Å². The lowest BCUT2D eigenvalue weighted by Gasteiger charge is -2.51. The van der Waals surface area contributed by atoms with E-state index in [-0.39, 0.29) is 41.3 Å². The average molecular weight is 713 g/mol. The Balaban J connectivity index is 1.34. The Kier molecular flexibility index (Phi) is 10.6. The fraction of sp³-hybridized carbons (Fsp3) is 0.512. The van der Waals surface area contributed by atoms with Crippen LogP contribution < -0.4 is 10.4 Å². The summed E-state index contributed by atoms with van der Waals surface area (Å²) in [6, 6.07) is 30.5. The topological polar surface area (TPSA) is 72.5 Å². The molecule has 1 spiro atoms. The highest BCUT2D eigenvalue weighted by atomic mass is 28.4. The third kappa shape index (κ3) is 7.03. The van der Waals surface area contributed by atoms with Crippen LogP contribution in [0.3, 0.4) is 0 Å². The van der Waals surface area contributed by atoms with Crippen molar-refractivity contribution in [1.29, 1.82) is 0 Å². The van der Waals surface area contributed by atoms with E-state index in [0.29, 0.717) is 31.4 Å². The Labute approximate surface area is 305 Å². The zero-order valence-electron chi connectivity index (χ0n) is 31.6. The molecule has 0 radical (unpaired) electrons. The first kappa shape index (κ1) is 37.6. The van der Waals surface area contributed by atoms with E-state index in [1.54, 1.807) is 12.1 Å². The number of benzene rings is 3. The lowest BCUT2D eigenvalue weighted by molar-refractivity contribution is -0.343. The molecule has 0 aromatic heterocycles. The maximum atomic E-state index is 13.6. The van der Waals surface area contributed by atoms with Gasteiger partial charge < -0.3 is 28.1 Å². The van der Waals surface area contributed by atoms with Crippen LogP contribution in [0.5, 0.6) is 0 Å². The van der Waals surface area contributed by atoms with Crippen molar-refractivity contribution in [2.75, 3.05) is 6.61 Å². The first-order valence-corrected chi connectivity index (χ1v) is 20.4. The zero-order chi connectivity index (χ0) is 36.7. The Hall–Kier alpha value is -3.11. The molecule has 0 bridgehead atoms. The summed E-state index contributed by atoms with van der Waals surface area (Å²) in [6.45, 7) is 21.6. The Morgan fingerprint density at radius 2 is 1.41 bits per heavy atom. The van der Waals surface area contributed by atoms with E-state index >= 15 is 0 Å². The van der Waals surface area contributed by atoms with Crippen molar-refractivity contribution in [3.8, 4) is 0 Å². The van der Waals surface area contributed by atoms with Crippen LogP contribution in [0.1, 0.15) is 85.0 Å². The van der Waals surface area contributed by atoms with Gasteiger partial charge in [0.1, 0.15) is 12.2 Å². The molecule has 0 saturated carbocycles. The van der Waals surface area contributed by atoms with Crippen LogP contribution in [-0.4, -0.2) is 63.0 Å². The summed E-state index contributed by atoms with van der Waals surface area (Å²) in [5, 5.41) is 2.29. The van der Waals surface area contributed by atoms with E-state index in [9.17, 15) is 4.79 Å². The maximum Gasteiger partial charge on any atom is 0.338 e. The maximum absolute atomic E-state index is 13.6. The van der Waals surface area contributed by atoms with Crippen LogP contribution in [0.4, 0.5) is 0 Å². The highest BCUT2D eigenvalue weighted by Gasteiger charge is 2.69. The molecule has 7 nitrogen and oxygen atoms in total. The number of ether oxygens (including phenoxy) is 5. The summed E-state index contributed by atoms with van der Waals surface area (Å²) in [7, 11) is -2.79. The third-order valence-corrected chi connectivity index (χ3v) is 16.4. The fourth-order valence-electron chi connectivity index (χ4n) is 8.58. The molecule has 274 valence electrons. The monoisotopic (exact) mass is 712 g/mol. The lowest BCUT2D eigenvalue weighted by atomic mass is 9.72. The summed E-state index contributed by atoms with van der Waals surface area (Å²) in [6.07, 6.45) is 1.64. The first-order valence-electron chi connectivity index (χ1n) is 18.5. The smallest absolute Gasteiger partial charge is 0.338 e. The number of hydrogen-bond donors (Lipinski definition) is 0. The molecule has 3 aliphatic rings. The molecule has 3 aromatic rings. The second-order valence-corrected chi connectivity index (χ2v) is 20.8. The van der Waals surface area contributed by atoms with E-state index in [1.807, 2.05) is 38.1 Å². The van der Waals surface area contributed by atoms with Crippen LogP contribution in [-0.2, 0) is 28.1 Å². The molecule has 51 heavy (non-hydrogen) atoms. The molecule has 0 unspecified atom stereocenters. The number of esters is 1. The summed E-state index contributed by atoms with van der Waals surface area (Å²) in [5.41, 5.74) is -0.103. The molecule has 3 heterocycles. The van der Waals surface area contributed by atoms with Crippen LogP contribution in [0.15, 0.2) is 104 Å². The predicted molar refractivity (Wildman–Crippen MR) is 203 cm³/mol. The molecule has 0 N–H and O–H groups in total. The number of carbonyl (C=O) groups excluding carboxylic acids is 1. The molecule has 3 fully saturated rings. The number of fused-ring (bicyclic) bond motifs is 1. The summed E-state index contributed by atoms with van der Waals surface area (Å²) >= 11 is 0. The summed E-state index contributed by atoms with van der Waals surface area (Å²) in [4.78, 5) is 13.6. The summed E-state index contributed by atoms with van der Waals surface area (Å²) in [5.74, 6) is -2.41. The van der Waals surface area contributed by atoms with Gasteiger partial charge in [0, 0.05) is 24.4 Å². The molecule has 3 saturated heterocycles. The van der Waals surface area contributed by atoms with Crippen molar-refractivity contribution in [3.05, 3.63) is 109 Å². The van der Waals surface area contributed by atoms with Crippen LogP contribution >= 0.6 is 0 Å². The SMILES string of the molecule is C=CC[C@@H]1OC(C)(C)O[C@H]2[C@@H]1O[C@]1(C[C@@H](OC(=O)c3ccccc3)[C@H](C)[C@H](CCO[Si](c3ccccc3)(c3ccccc3)C(C)(C)C)O1)C2(C)C. The minimum absolute atomic E-state index is 0.134. The average Bonchev–Trinajstić information content (AvgIpc) is 3.30. The second kappa shape index (κ2) is 14.4. The fourth-order valence-corrected chi connectivity index (χ4v) is 13.2. The van der Waals surface area contributed by atoms with Gasteiger partial charge in [0.15, 0.2) is 11.6 Å².